The molecule has 0 saturated carbocycles. The standard InChI is InChI=1S/C48H40B2O4S2/c1-29-21-31(3)47(32(4)22-29)49-43-25-37(55(51,52)35-13-9-7-10-14-35)17-19-39(43)41-27-42-40-20-18-38(56(53,54)36-15-11-8-12-16-36)26-44(40)50(46(42)28-45(41)49)48-33(5)23-30(2)24-34(48)6/h7-28H,1-6H3. The molecule has 0 saturated heterocycles. The fourth-order valence-corrected chi connectivity index (χ4v) is 12.3. The first-order chi connectivity index (χ1) is 26.8. The van der Waals surface area contributed by atoms with E-state index >= 15 is 0 Å². The molecule has 2 heterocycles. The maximum absolute atomic E-state index is 14.1. The molecule has 0 amide bonds. The van der Waals surface area contributed by atoms with Gasteiger partial charge in [-0.1, -0.05) is 145 Å². The van der Waals surface area contributed by atoms with E-state index in [1.165, 1.54) is 22.1 Å². The first-order valence-corrected chi connectivity index (χ1v) is 21.9. The zero-order valence-corrected chi connectivity index (χ0v) is 33.9. The smallest absolute Gasteiger partial charge is 0.219 e. The van der Waals surface area contributed by atoms with Crippen molar-refractivity contribution in [2.75, 3.05) is 0 Å². The number of hydrogen-bond acceptors (Lipinski definition) is 4. The van der Waals surface area contributed by atoms with Crippen molar-refractivity contribution in [1.29, 1.82) is 0 Å². The Labute approximate surface area is 331 Å². The largest absolute Gasteiger partial charge is 0.243 e. The Morgan fingerprint density at radius 1 is 0.339 bits per heavy atom. The second kappa shape index (κ2) is 13.1. The highest BCUT2D eigenvalue weighted by molar-refractivity contribution is 7.91. The van der Waals surface area contributed by atoms with E-state index < -0.39 is 19.7 Å². The van der Waals surface area contributed by atoms with Crippen molar-refractivity contribution < 1.29 is 16.8 Å². The Morgan fingerprint density at radius 3 is 1.04 bits per heavy atom. The van der Waals surface area contributed by atoms with Gasteiger partial charge in [0.15, 0.2) is 0 Å². The molecule has 274 valence electrons. The van der Waals surface area contributed by atoms with Crippen LogP contribution in [0, 0.1) is 41.5 Å². The topological polar surface area (TPSA) is 68.3 Å². The van der Waals surface area contributed by atoms with Crippen molar-refractivity contribution in [3.05, 3.63) is 167 Å². The van der Waals surface area contributed by atoms with Crippen LogP contribution in [-0.4, -0.2) is 30.3 Å². The minimum atomic E-state index is -3.77. The quantitative estimate of drug-likeness (QED) is 0.189. The lowest BCUT2D eigenvalue weighted by molar-refractivity contribution is 0.594. The number of rotatable bonds is 6. The van der Waals surface area contributed by atoms with E-state index in [2.05, 4.69) is 77.9 Å². The highest BCUT2D eigenvalue weighted by Crippen LogP contribution is 2.34. The van der Waals surface area contributed by atoms with E-state index in [-0.39, 0.29) is 33.0 Å². The molecule has 0 N–H and O–H groups in total. The molecule has 7 aromatic carbocycles. The van der Waals surface area contributed by atoms with Gasteiger partial charge in [0.1, 0.15) is 0 Å². The molecular weight excluding hydrogens is 726 g/mol. The molecule has 7 aromatic rings. The summed E-state index contributed by atoms with van der Waals surface area (Å²) in [5, 5.41) is 0. The summed E-state index contributed by atoms with van der Waals surface area (Å²) in [4.78, 5) is 1.09. The SMILES string of the molecule is Cc1cc(C)c(B2c3cc(S(=O)(=O)c4ccccc4)ccc3-c3cc4c(cc32)B(c2c(C)cc(C)cc2C)c2cc(S(=O)(=O)c3ccccc3)ccc2-4)c(C)c1. The van der Waals surface area contributed by atoms with Gasteiger partial charge in [-0.05, 0) is 118 Å². The Hall–Kier alpha value is -5.43. The Morgan fingerprint density at radius 2 is 0.679 bits per heavy atom. The van der Waals surface area contributed by atoms with Crippen molar-refractivity contribution in [2.24, 2.45) is 0 Å². The molecule has 0 radical (unpaired) electrons. The lowest BCUT2D eigenvalue weighted by Gasteiger charge is -2.21. The van der Waals surface area contributed by atoms with E-state index in [9.17, 15) is 16.8 Å². The summed E-state index contributed by atoms with van der Waals surface area (Å²) >= 11 is 0. The predicted octanol–water partition coefficient (Wildman–Crippen LogP) is 6.20. The summed E-state index contributed by atoms with van der Waals surface area (Å²) in [6.07, 6.45) is 0. The molecule has 2 aliphatic heterocycles. The van der Waals surface area contributed by atoms with Crippen LogP contribution in [0.1, 0.15) is 33.4 Å². The first-order valence-electron chi connectivity index (χ1n) is 19.0. The molecule has 4 nitrogen and oxygen atoms in total. The van der Waals surface area contributed by atoms with Crippen LogP contribution in [-0.2, 0) is 19.7 Å². The Kier molecular flexibility index (Phi) is 8.46. The van der Waals surface area contributed by atoms with Crippen molar-refractivity contribution in [2.45, 2.75) is 61.1 Å². The van der Waals surface area contributed by atoms with Gasteiger partial charge in [0.05, 0.1) is 19.6 Å². The highest BCUT2D eigenvalue weighted by atomic mass is 32.2. The van der Waals surface area contributed by atoms with Gasteiger partial charge < -0.3 is 0 Å². The van der Waals surface area contributed by atoms with Gasteiger partial charge in [0.2, 0.25) is 33.1 Å². The second-order valence-corrected chi connectivity index (χ2v) is 19.5. The summed E-state index contributed by atoms with van der Waals surface area (Å²) in [7, 11) is -7.55. The lowest BCUT2D eigenvalue weighted by Crippen LogP contribution is -2.55. The van der Waals surface area contributed by atoms with Crippen molar-refractivity contribution in [3.8, 4) is 22.3 Å². The number of benzene rings is 7. The molecule has 0 aliphatic carbocycles. The first kappa shape index (κ1) is 36.2. The van der Waals surface area contributed by atoms with Crippen LogP contribution < -0.4 is 32.8 Å². The molecule has 0 unspecified atom stereocenters. The minimum absolute atomic E-state index is 0.213. The maximum Gasteiger partial charge on any atom is 0.243 e. The molecule has 0 aromatic heterocycles. The third-order valence-electron chi connectivity index (χ3n) is 11.9. The van der Waals surface area contributed by atoms with Crippen molar-refractivity contribution >= 4 is 65.9 Å². The van der Waals surface area contributed by atoms with Crippen molar-refractivity contribution in [1.82, 2.24) is 0 Å². The highest BCUT2D eigenvalue weighted by Gasteiger charge is 2.42. The summed E-state index contributed by atoms with van der Waals surface area (Å²) in [5.74, 6) is 0. The fourth-order valence-electron chi connectivity index (χ4n) is 9.68. The minimum Gasteiger partial charge on any atom is -0.219 e. The zero-order valence-electron chi connectivity index (χ0n) is 32.3. The van der Waals surface area contributed by atoms with E-state index in [4.69, 9.17) is 0 Å². The number of sulfone groups is 2. The van der Waals surface area contributed by atoms with Gasteiger partial charge in [-0.25, -0.2) is 16.8 Å². The molecule has 0 bridgehead atoms. The van der Waals surface area contributed by atoms with E-state index in [0.717, 1.165) is 66.4 Å². The molecule has 9 rings (SSSR count). The van der Waals surface area contributed by atoms with E-state index in [0.29, 0.717) is 0 Å². The monoisotopic (exact) mass is 766 g/mol. The van der Waals surface area contributed by atoms with Crippen LogP contribution in [0.3, 0.4) is 0 Å². The number of fused-ring (bicyclic) bond motifs is 6. The molecular formula is C48H40B2O4S2. The molecule has 2 aliphatic rings. The normalized spacial score (nSPS) is 13.0. The Balaban J connectivity index is 1.32. The lowest BCUT2D eigenvalue weighted by atomic mass is 9.34. The van der Waals surface area contributed by atoms with Crippen LogP contribution >= 0.6 is 0 Å². The summed E-state index contributed by atoms with van der Waals surface area (Å²) in [6, 6.07) is 42.0. The summed E-state index contributed by atoms with van der Waals surface area (Å²) in [5.41, 5.74) is 17.7. The van der Waals surface area contributed by atoms with Gasteiger partial charge in [-0.15, -0.1) is 0 Å². The third kappa shape index (κ3) is 5.56. The molecule has 0 atom stereocenters. The van der Waals surface area contributed by atoms with Crippen LogP contribution in [0.15, 0.2) is 153 Å². The molecule has 56 heavy (non-hydrogen) atoms. The van der Waals surface area contributed by atoms with Gasteiger partial charge >= 0.3 is 0 Å². The number of hydrogen-bond donors (Lipinski definition) is 0. The van der Waals surface area contributed by atoms with Gasteiger partial charge in [-0.2, -0.15) is 0 Å². The number of aryl methyl sites for hydroxylation is 6. The van der Waals surface area contributed by atoms with Crippen LogP contribution in [0.25, 0.3) is 22.3 Å². The Bertz CT molecular complexity index is 2760. The average molecular weight is 767 g/mol. The zero-order chi connectivity index (χ0) is 39.3. The maximum atomic E-state index is 14.1. The van der Waals surface area contributed by atoms with Gasteiger partial charge in [0, 0.05) is 0 Å². The summed E-state index contributed by atoms with van der Waals surface area (Å²) < 4.78 is 56.3. The molecule has 0 spiro atoms. The van der Waals surface area contributed by atoms with Gasteiger partial charge in [0.25, 0.3) is 0 Å². The van der Waals surface area contributed by atoms with E-state index in [1.54, 1.807) is 60.7 Å². The van der Waals surface area contributed by atoms with Crippen LogP contribution in [0.2, 0.25) is 0 Å². The van der Waals surface area contributed by atoms with Crippen LogP contribution in [0.5, 0.6) is 0 Å². The fraction of sp³-hybridized carbons (Fsp3) is 0.125. The molecule has 0 fully saturated rings. The average Bonchev–Trinajstić information content (AvgIpc) is 3.65. The van der Waals surface area contributed by atoms with Crippen molar-refractivity contribution in [3.63, 3.8) is 0 Å². The molecule has 8 heteroatoms. The summed E-state index contributed by atoms with van der Waals surface area (Å²) in [6.45, 7) is 12.4. The van der Waals surface area contributed by atoms with E-state index in [1.807, 2.05) is 36.4 Å². The third-order valence-corrected chi connectivity index (χ3v) is 15.4. The van der Waals surface area contributed by atoms with Crippen LogP contribution in [0.4, 0.5) is 0 Å². The van der Waals surface area contributed by atoms with Gasteiger partial charge in [-0.3, -0.25) is 0 Å². The second-order valence-electron chi connectivity index (χ2n) is 15.6. The predicted molar refractivity (Wildman–Crippen MR) is 232 cm³/mol.